The summed E-state index contributed by atoms with van der Waals surface area (Å²) in [5.41, 5.74) is 2.09. The molecule has 6 fully saturated rings. The molecule has 2 aliphatic carbocycles. The number of aromatic nitrogens is 7. The minimum Gasteiger partial charge on any atom is -0.374 e. The second-order valence-electron chi connectivity index (χ2n) is 18.9. The van der Waals surface area contributed by atoms with Crippen LogP contribution >= 0.6 is 0 Å². The summed E-state index contributed by atoms with van der Waals surface area (Å²) in [4.78, 5) is 60.5. The van der Waals surface area contributed by atoms with Gasteiger partial charge in [0.25, 0.3) is 12.3 Å². The van der Waals surface area contributed by atoms with Crippen molar-refractivity contribution < 1.29 is 37.0 Å². The normalized spacial score (nSPS) is 29.6. The molecule has 4 saturated heterocycles. The summed E-state index contributed by atoms with van der Waals surface area (Å²) in [6, 6.07) is 6.93. The number of nitrogens with zero attached hydrogens (tertiary/aromatic N) is 9. The summed E-state index contributed by atoms with van der Waals surface area (Å²) in [6.07, 6.45) is 6.64. The molecule has 1 unspecified atom stereocenters. The lowest BCUT2D eigenvalue weighted by molar-refractivity contribution is -0.135. The molecule has 2 N–H and O–H groups in total. The number of hydrogen-bond donors (Lipinski definition) is 2. The summed E-state index contributed by atoms with van der Waals surface area (Å²) in [7, 11) is 1.70. The van der Waals surface area contributed by atoms with Gasteiger partial charge in [-0.2, -0.15) is 10.2 Å². The zero-order valence-electron chi connectivity index (χ0n) is 36.0. The number of benzene rings is 1. The number of aryl methyl sites for hydroxylation is 1. The molecule has 5 atom stereocenters. The predicted molar refractivity (Wildman–Crippen MR) is 230 cm³/mol. The van der Waals surface area contributed by atoms with Crippen LogP contribution in [0.5, 0.6) is 0 Å². The van der Waals surface area contributed by atoms with Crippen molar-refractivity contribution in [2.75, 3.05) is 43.0 Å². The molecule has 0 radical (unpaired) electrons. The number of likely N-dealkylation sites (tertiary alicyclic amines) is 1. The van der Waals surface area contributed by atoms with Gasteiger partial charge in [0.15, 0.2) is 11.3 Å². The molecule has 2 saturated carbocycles. The van der Waals surface area contributed by atoms with Crippen molar-refractivity contribution in [2.24, 2.45) is 13.0 Å². The number of nitrogens with one attached hydrogen (secondary N) is 2. The van der Waals surface area contributed by atoms with E-state index in [0.717, 1.165) is 56.3 Å². The molecular weight excluding hydrogens is 848 g/mol. The number of imidazole rings is 1. The topological polar surface area (TPSA) is 175 Å². The number of halogens is 3. The Bertz CT molecular complexity index is 2720. The molecule has 1 aromatic carbocycles. The Morgan fingerprint density at radius 2 is 1.86 bits per heavy atom. The van der Waals surface area contributed by atoms with Crippen molar-refractivity contribution in [3.8, 4) is 0 Å². The molecule has 20 heteroatoms. The molecule has 4 aromatic heterocycles. The van der Waals surface area contributed by atoms with Gasteiger partial charge in [-0.05, 0) is 87.3 Å². The number of rotatable bonds is 11. The molecule has 4 aliphatic heterocycles. The van der Waals surface area contributed by atoms with Crippen LogP contribution in [0.3, 0.4) is 0 Å². The number of para-hydroxylation sites is 1. The van der Waals surface area contributed by atoms with Gasteiger partial charge in [0.2, 0.25) is 11.8 Å². The Kier molecular flexibility index (Phi) is 10.8. The third-order valence-electron chi connectivity index (χ3n) is 14.8. The van der Waals surface area contributed by atoms with Gasteiger partial charge in [-0.1, -0.05) is 12.1 Å². The van der Waals surface area contributed by atoms with Crippen LogP contribution in [0, 0.1) is 5.92 Å². The molecule has 8 heterocycles. The molecule has 2 bridgehead atoms. The van der Waals surface area contributed by atoms with Crippen molar-refractivity contribution in [3.05, 3.63) is 70.2 Å². The Balaban J connectivity index is 0.663. The minimum atomic E-state index is -2.89. The van der Waals surface area contributed by atoms with Gasteiger partial charge in [-0.15, -0.1) is 0 Å². The number of fused-ring (bicyclic) bond motifs is 4. The zero-order chi connectivity index (χ0) is 44.7. The van der Waals surface area contributed by atoms with E-state index in [-0.39, 0.29) is 72.4 Å². The van der Waals surface area contributed by atoms with Crippen molar-refractivity contribution >= 4 is 45.9 Å². The smallest absolute Gasteiger partial charge is 0.329 e. The summed E-state index contributed by atoms with van der Waals surface area (Å²) in [6.45, 7) is 3.10. The summed E-state index contributed by atoms with van der Waals surface area (Å²) in [5, 5.41) is 13.6. The van der Waals surface area contributed by atoms with E-state index < -0.39 is 42.3 Å². The fourth-order valence-electron chi connectivity index (χ4n) is 11.3. The Labute approximate surface area is 371 Å². The van der Waals surface area contributed by atoms with Gasteiger partial charge in [-0.25, -0.2) is 27.5 Å². The first-order valence-corrected chi connectivity index (χ1v) is 22.9. The predicted octanol–water partition coefficient (Wildman–Crippen LogP) is 4.83. The van der Waals surface area contributed by atoms with E-state index in [1.165, 1.54) is 21.5 Å². The molecule has 11 rings (SSSR count). The average Bonchev–Trinajstić information content (AvgIpc) is 4.13. The van der Waals surface area contributed by atoms with Crippen molar-refractivity contribution in [1.29, 1.82) is 0 Å². The Hall–Kier alpha value is -5.60. The first-order chi connectivity index (χ1) is 31.4. The molecule has 3 amide bonds. The third-order valence-corrected chi connectivity index (χ3v) is 14.8. The molecule has 17 nitrogen and oxygen atoms in total. The van der Waals surface area contributed by atoms with Gasteiger partial charge in [-0.3, -0.25) is 38.4 Å². The molecule has 344 valence electrons. The van der Waals surface area contributed by atoms with Crippen molar-refractivity contribution in [1.82, 2.24) is 43.7 Å². The summed E-state index contributed by atoms with van der Waals surface area (Å²) in [5.74, 6) is -0.238. The van der Waals surface area contributed by atoms with Crippen LogP contribution < -0.4 is 21.2 Å². The number of piperidine rings is 2. The molecule has 65 heavy (non-hydrogen) atoms. The monoisotopic (exact) mass is 899 g/mol. The van der Waals surface area contributed by atoms with E-state index in [1.807, 2.05) is 24.3 Å². The SMILES string of the molecule is Cn1c(=O)n(C2CCC(=O)NC2=O)c2cccc([C@H]3C[C@H](O[C@H]4CCN(C[C@H]5CC[C@H](n6cc(NC(=O)c7cnn8ccc(N9C[C@H]%10C[C@@H]9CO%10)nc78)c(C(F)F)n6)CC5)C[C@@H]4F)C3)c21. The van der Waals surface area contributed by atoms with E-state index in [0.29, 0.717) is 55.3 Å². The van der Waals surface area contributed by atoms with E-state index in [1.54, 1.807) is 22.5 Å². The lowest BCUT2D eigenvalue weighted by atomic mass is 9.76. The third kappa shape index (κ3) is 7.69. The quantitative estimate of drug-likeness (QED) is 0.174. The highest BCUT2D eigenvalue weighted by Gasteiger charge is 2.41. The number of carbonyl (C=O) groups excluding carboxylic acids is 3. The highest BCUT2D eigenvalue weighted by atomic mass is 19.3. The van der Waals surface area contributed by atoms with Gasteiger partial charge in [0.1, 0.15) is 23.6 Å². The number of amides is 3. The van der Waals surface area contributed by atoms with Crippen LogP contribution in [0.4, 0.5) is 24.7 Å². The lowest BCUT2D eigenvalue weighted by Gasteiger charge is -2.42. The second kappa shape index (κ2) is 16.7. The number of carbonyl (C=O) groups is 3. The fourth-order valence-corrected chi connectivity index (χ4v) is 11.3. The van der Waals surface area contributed by atoms with Crippen molar-refractivity contribution in [3.63, 3.8) is 0 Å². The number of morpholine rings is 1. The average molecular weight is 900 g/mol. The minimum absolute atomic E-state index is 0.0424. The summed E-state index contributed by atoms with van der Waals surface area (Å²) < 4.78 is 62.6. The van der Waals surface area contributed by atoms with E-state index >= 15 is 4.39 Å². The highest BCUT2D eigenvalue weighted by molar-refractivity contribution is 6.08. The van der Waals surface area contributed by atoms with Crippen LogP contribution in [0.2, 0.25) is 0 Å². The first kappa shape index (κ1) is 42.1. The Morgan fingerprint density at radius 1 is 1.03 bits per heavy atom. The van der Waals surface area contributed by atoms with Gasteiger partial charge in [0, 0.05) is 52.0 Å². The Morgan fingerprint density at radius 3 is 2.60 bits per heavy atom. The van der Waals surface area contributed by atoms with E-state index in [2.05, 4.69) is 30.6 Å². The van der Waals surface area contributed by atoms with Gasteiger partial charge in [0.05, 0.1) is 59.9 Å². The maximum atomic E-state index is 15.7. The van der Waals surface area contributed by atoms with E-state index in [9.17, 15) is 28.0 Å². The van der Waals surface area contributed by atoms with Crippen molar-refractivity contribution in [2.45, 2.75) is 119 Å². The van der Waals surface area contributed by atoms with Crippen LogP contribution in [0.15, 0.2) is 47.7 Å². The lowest BCUT2D eigenvalue weighted by Crippen LogP contribution is -2.49. The number of anilines is 2. The number of alkyl halides is 3. The zero-order valence-corrected chi connectivity index (χ0v) is 36.0. The number of hydrogen-bond acceptors (Lipinski definition) is 11. The number of ether oxygens (including phenoxy) is 2. The van der Waals surface area contributed by atoms with E-state index in [4.69, 9.17) is 14.5 Å². The summed E-state index contributed by atoms with van der Waals surface area (Å²) >= 11 is 0. The molecular formula is C45H52F3N11O6. The van der Waals surface area contributed by atoms with Gasteiger partial charge < -0.3 is 19.7 Å². The van der Waals surface area contributed by atoms with Gasteiger partial charge >= 0.3 is 5.69 Å². The molecule has 5 aromatic rings. The second-order valence-corrected chi connectivity index (χ2v) is 18.9. The maximum absolute atomic E-state index is 15.7. The highest BCUT2D eigenvalue weighted by Crippen LogP contribution is 2.43. The first-order valence-electron chi connectivity index (χ1n) is 22.9. The largest absolute Gasteiger partial charge is 0.374 e. The van der Waals surface area contributed by atoms with Crippen LogP contribution in [-0.4, -0.2) is 119 Å². The molecule has 0 spiro atoms. The van der Waals surface area contributed by atoms with Crippen LogP contribution in [-0.2, 0) is 26.1 Å². The standard InChI is InChI=1S/C45H52F3N11O6/c1-54-40-30(3-2-4-34(40)59(45(54)63)35-9-10-38(60)52-44(35)62)25-15-28(16-25)65-36-11-13-55(21-32(36)46)19-24-5-7-26(8-6-24)58-22-33(39(53-58)41(47)48)50-43(61)31-18-49-57-14-12-37(51-42(31)57)56-20-29-17-27(56)23-64-29/h2-4,12,14,18,22,24-29,32,35-36,41H,5-11,13,15-17,19-21,23H2,1H3,(H,50,61)(H,52,60,62)/t24-,25-,26-,27-,28-,29-,32+,35?,36+/m1/s1. The van der Waals surface area contributed by atoms with Crippen LogP contribution in [0.25, 0.3) is 16.7 Å². The fraction of sp³-hybridized carbons (Fsp3) is 0.578. The maximum Gasteiger partial charge on any atom is 0.329 e. The molecule has 6 aliphatic rings. The van der Waals surface area contributed by atoms with Crippen LogP contribution in [0.1, 0.15) is 110 Å². The number of imide groups is 1.